The minimum absolute atomic E-state index is 0.0232. The van der Waals surface area contributed by atoms with Crippen molar-refractivity contribution in [2.45, 2.75) is 120 Å². The number of ether oxygens (including phenoxy) is 1. The number of hydrogen-bond donors (Lipinski definition) is 6. The van der Waals surface area contributed by atoms with Crippen LogP contribution in [-0.2, 0) is 49.6 Å². The molecule has 6 N–H and O–H groups in total. The molecule has 4 aliphatic heterocycles. The first kappa shape index (κ1) is 74.2. The molecular formula is C66H91BF2N12O14. The number of carboxylic acid groups (broad SMARTS) is 3. The standard InChI is InChI=1S/C66H91BF2N12O14/c1-46-12-14-47(15-13-46)9-7-11-56(82)72-21-5-2-3-10-49(38-73-57(83)40-75-25-27-76(42-61(87)88)29-31-78(44-63(91)92)32-30-77(28-26-75)43-62(89)90)67-54-35-58(84)80(65(54)94)41-60(86)79-23-19-48(20-24-79)8-4-6-33-95-51-16-17-55-53(34-51)52(18-22-71-55)64(93)74-39-59(85)81-45-66(68,69)36-50(81)37-70/h12-18,22,34,48-50,54,67H,2-11,19-21,23-33,35-36,38-45H2,1H3,(H,72,82)(H,73,83)(H,74,93)(H,87,88)(H,89,90)(H,91,92)/t49?,50-,54?/m1/s1. The monoisotopic (exact) mass is 1320 g/mol. The van der Waals surface area contributed by atoms with Crippen molar-refractivity contribution in [3.8, 4) is 11.8 Å². The summed E-state index contributed by atoms with van der Waals surface area (Å²) in [5.74, 6) is -9.52. The number of carboxylic acids is 3. The van der Waals surface area contributed by atoms with Crippen molar-refractivity contribution in [2.75, 3.05) is 131 Å². The topological polar surface area (TPSA) is 336 Å². The molecule has 0 spiro atoms. The molecule has 4 saturated heterocycles. The number of amides is 7. The molecule has 0 aliphatic carbocycles. The number of unbranched alkanes of at least 4 members (excludes halogenated alkanes) is 3. The predicted molar refractivity (Wildman–Crippen MR) is 347 cm³/mol. The van der Waals surface area contributed by atoms with Crippen LogP contribution in [0.2, 0.25) is 11.6 Å². The number of alkyl halides is 2. The van der Waals surface area contributed by atoms with Gasteiger partial charge in [-0.15, -0.1) is 0 Å². The zero-order valence-electron chi connectivity index (χ0n) is 54.4. The van der Waals surface area contributed by atoms with E-state index in [9.17, 15) is 77.3 Å². The molecule has 3 atom stereocenters. The van der Waals surface area contributed by atoms with Crippen LogP contribution in [0.15, 0.2) is 54.7 Å². The van der Waals surface area contributed by atoms with Gasteiger partial charge in [-0.2, -0.15) is 5.26 Å². The zero-order valence-corrected chi connectivity index (χ0v) is 54.4. The number of piperidine rings is 1. The number of aliphatic carboxylic acids is 3. The van der Waals surface area contributed by atoms with Gasteiger partial charge < -0.3 is 45.8 Å². The van der Waals surface area contributed by atoms with E-state index in [0.29, 0.717) is 80.9 Å². The Labute approximate surface area is 553 Å². The van der Waals surface area contributed by atoms with E-state index in [1.165, 1.54) is 23.4 Å². The normalized spacial score (nSPS) is 19.1. The van der Waals surface area contributed by atoms with Gasteiger partial charge in [-0.05, 0) is 93.4 Å². The first-order valence-electron chi connectivity index (χ1n) is 33.1. The molecule has 0 bridgehead atoms. The highest BCUT2D eigenvalue weighted by molar-refractivity contribution is 6.48. The number of pyridine rings is 1. The van der Waals surface area contributed by atoms with E-state index >= 15 is 0 Å². The van der Waals surface area contributed by atoms with Gasteiger partial charge >= 0.3 is 17.9 Å². The van der Waals surface area contributed by atoms with Crippen molar-refractivity contribution >= 4 is 77.4 Å². The minimum atomic E-state index is -3.19. The summed E-state index contributed by atoms with van der Waals surface area (Å²) < 4.78 is 33.9. The quantitative estimate of drug-likeness (QED) is 0.0290. The van der Waals surface area contributed by atoms with Crippen molar-refractivity contribution in [3.63, 3.8) is 0 Å². The smallest absolute Gasteiger partial charge is 0.317 e. The number of likely N-dealkylation sites (tertiary alicyclic amines) is 3. The van der Waals surface area contributed by atoms with Crippen molar-refractivity contribution in [3.05, 3.63) is 71.4 Å². The van der Waals surface area contributed by atoms with E-state index < -0.39 is 78.8 Å². The van der Waals surface area contributed by atoms with Gasteiger partial charge in [-0.3, -0.25) is 77.4 Å². The van der Waals surface area contributed by atoms with Crippen LogP contribution in [-0.4, -0.2) is 264 Å². The first-order chi connectivity index (χ1) is 45.5. The molecule has 7 amide bonds. The number of fused-ring (bicyclic) bond motifs is 1. The Bertz CT molecular complexity index is 3160. The molecule has 7 rings (SSSR count). The van der Waals surface area contributed by atoms with Crippen molar-refractivity contribution in [2.24, 2.45) is 5.92 Å². The highest BCUT2D eigenvalue weighted by atomic mass is 19.3. The number of aromatic nitrogens is 1. The van der Waals surface area contributed by atoms with Crippen LogP contribution in [0, 0.1) is 24.2 Å². The van der Waals surface area contributed by atoms with E-state index in [2.05, 4.69) is 45.2 Å². The molecule has 2 unspecified atom stereocenters. The van der Waals surface area contributed by atoms with Crippen LogP contribution in [0.1, 0.15) is 105 Å². The second-order valence-corrected chi connectivity index (χ2v) is 25.6. The largest absolute Gasteiger partial charge is 0.494 e. The number of imide groups is 1. The van der Waals surface area contributed by atoms with Crippen LogP contribution in [0.5, 0.6) is 5.75 Å². The number of nitrogens with one attached hydrogen (secondary N) is 3. The van der Waals surface area contributed by atoms with Gasteiger partial charge in [0.1, 0.15) is 25.6 Å². The molecule has 26 nitrogen and oxygen atoms in total. The summed E-state index contributed by atoms with van der Waals surface area (Å²) in [5, 5.41) is 47.2. The van der Waals surface area contributed by atoms with Crippen LogP contribution >= 0.6 is 0 Å². The summed E-state index contributed by atoms with van der Waals surface area (Å²) in [6.07, 6.45) is 9.17. The molecule has 0 saturated carbocycles. The summed E-state index contributed by atoms with van der Waals surface area (Å²) in [4.78, 5) is 144. The molecule has 95 heavy (non-hydrogen) atoms. The highest BCUT2D eigenvalue weighted by Crippen LogP contribution is 2.33. The molecule has 516 valence electrons. The van der Waals surface area contributed by atoms with Crippen molar-refractivity contribution < 1.29 is 76.8 Å². The Morgan fingerprint density at radius 3 is 1.98 bits per heavy atom. The summed E-state index contributed by atoms with van der Waals surface area (Å²) >= 11 is 0. The van der Waals surface area contributed by atoms with Gasteiger partial charge in [0.05, 0.1) is 63.0 Å². The van der Waals surface area contributed by atoms with Gasteiger partial charge in [0.15, 0.2) is 0 Å². The lowest BCUT2D eigenvalue weighted by molar-refractivity contribution is -0.146. The number of aryl methyl sites for hydroxylation is 2. The molecule has 0 radical (unpaired) electrons. The maximum absolute atomic E-state index is 14.1. The average Bonchev–Trinajstić information content (AvgIpc) is 1.82. The number of rotatable bonds is 33. The lowest BCUT2D eigenvalue weighted by Gasteiger charge is -2.33. The second kappa shape index (κ2) is 37.2. The molecule has 4 fully saturated rings. The van der Waals surface area contributed by atoms with Gasteiger partial charge in [-0.1, -0.05) is 55.5 Å². The Hall–Kier alpha value is -8.20. The molecule has 2 aromatic carbocycles. The first-order valence-corrected chi connectivity index (χ1v) is 33.1. The van der Waals surface area contributed by atoms with Crippen molar-refractivity contribution in [1.29, 1.82) is 5.26 Å². The van der Waals surface area contributed by atoms with E-state index in [-0.39, 0.29) is 134 Å². The van der Waals surface area contributed by atoms with Crippen LogP contribution < -0.4 is 20.7 Å². The molecule has 4 aliphatic rings. The highest BCUT2D eigenvalue weighted by Gasteiger charge is 2.47. The number of carbonyl (C=O) groups is 10. The fraction of sp³-hybridized carbons (Fsp3) is 0.606. The Morgan fingerprint density at radius 2 is 1.36 bits per heavy atom. The van der Waals surface area contributed by atoms with Gasteiger partial charge in [-0.25, -0.2) is 8.78 Å². The lowest BCUT2D eigenvalue weighted by atomic mass is 9.53. The van der Waals surface area contributed by atoms with E-state index in [0.717, 1.165) is 54.7 Å². The predicted octanol–water partition coefficient (Wildman–Crippen LogP) is 2.88. The number of nitrogens with zero attached hydrogens (tertiary/aromatic N) is 9. The second-order valence-electron chi connectivity index (χ2n) is 25.6. The SMILES string of the molecule is Cc1ccc(CCCC(=O)NCCCCCC(BC2CC(=O)N(CC(=O)N3CCC(CCCCOc4ccc5nccc(C(=O)NCC(=O)N6CC(F)(F)C[C@@H]6C#N)c5c4)CC3)C2=O)CNC(=O)CN2CCN(CC(=O)O)CCN(CC(=O)O)CCN(CC(=O)O)CC2)cc1. The third kappa shape index (κ3) is 24.8. The maximum atomic E-state index is 14.1. The fourth-order valence-electron chi connectivity index (χ4n) is 12.8. The van der Waals surface area contributed by atoms with Gasteiger partial charge in [0.25, 0.3) is 11.8 Å². The minimum Gasteiger partial charge on any atom is -0.494 e. The third-order valence-corrected chi connectivity index (χ3v) is 18.2. The average molecular weight is 1330 g/mol. The summed E-state index contributed by atoms with van der Waals surface area (Å²) in [6, 6.07) is 15.3. The van der Waals surface area contributed by atoms with Crippen molar-refractivity contribution in [1.82, 2.24) is 55.2 Å². The molecule has 1 aromatic heterocycles. The van der Waals surface area contributed by atoms with Gasteiger partial charge in [0, 0.05) is 115 Å². The number of hydrogen-bond acceptors (Lipinski definition) is 17. The molecular weight excluding hydrogens is 1230 g/mol. The summed E-state index contributed by atoms with van der Waals surface area (Å²) in [6.45, 7) is 2.98. The Kier molecular flexibility index (Phi) is 29.1. The van der Waals surface area contributed by atoms with Gasteiger partial charge in [0.2, 0.25) is 35.4 Å². The molecule has 29 heteroatoms. The summed E-state index contributed by atoms with van der Waals surface area (Å²) in [7, 11) is 0.270. The maximum Gasteiger partial charge on any atom is 0.317 e. The van der Waals surface area contributed by atoms with E-state index in [1.807, 2.05) is 11.8 Å². The Balaban J connectivity index is 0.868. The molecule has 3 aromatic rings. The Morgan fingerprint density at radius 1 is 0.726 bits per heavy atom. The van der Waals surface area contributed by atoms with E-state index in [1.54, 1.807) is 43.9 Å². The summed E-state index contributed by atoms with van der Waals surface area (Å²) in [5.41, 5.74) is 3.05. The lowest BCUT2D eigenvalue weighted by Crippen LogP contribution is -2.50. The number of nitriles is 1. The van der Waals surface area contributed by atoms with Crippen LogP contribution in [0.3, 0.4) is 0 Å². The molecule has 5 heterocycles. The fourth-order valence-corrected chi connectivity index (χ4v) is 12.8. The zero-order chi connectivity index (χ0) is 68.4. The third-order valence-electron chi connectivity index (χ3n) is 18.2. The number of benzene rings is 2. The number of carbonyl (C=O) groups excluding carboxylic acids is 7. The van der Waals surface area contributed by atoms with Crippen LogP contribution in [0.25, 0.3) is 10.9 Å². The van der Waals surface area contributed by atoms with E-state index in [4.69, 9.17) is 4.74 Å². The van der Waals surface area contributed by atoms with Crippen LogP contribution in [0.4, 0.5) is 8.78 Å². The number of halogens is 2.